The Morgan fingerprint density at radius 3 is 2.53 bits per heavy atom. The summed E-state index contributed by atoms with van der Waals surface area (Å²) in [7, 11) is 1.85. The lowest BCUT2D eigenvalue weighted by Gasteiger charge is -2.08. The smallest absolute Gasteiger partial charge is 0.306 e. The lowest BCUT2D eigenvalue weighted by molar-refractivity contribution is -0.141. The number of hydrogen-bond acceptors (Lipinski definition) is 3. The summed E-state index contributed by atoms with van der Waals surface area (Å²) in [6.45, 7) is 5.81. The van der Waals surface area contributed by atoms with Crippen LogP contribution in [0.3, 0.4) is 0 Å². The number of nitrogens with one attached hydrogen (secondary N) is 1. The maximum absolute atomic E-state index is 11.8. The van der Waals surface area contributed by atoms with E-state index in [-0.39, 0.29) is 12.3 Å². The molecule has 0 saturated heterocycles. The second-order valence-corrected chi connectivity index (χ2v) is 4.83. The average Bonchev–Trinajstić information content (AvgIpc) is 2.55. The molecule has 1 rings (SSSR count). The molecule has 0 bridgehead atoms. The number of rotatable bonds is 6. The van der Waals surface area contributed by atoms with Crippen LogP contribution >= 0.6 is 0 Å². The molecule has 1 aromatic rings. The van der Waals surface area contributed by atoms with Gasteiger partial charge in [-0.05, 0) is 20.3 Å². The van der Waals surface area contributed by atoms with Crippen LogP contribution in [0.2, 0.25) is 0 Å². The van der Waals surface area contributed by atoms with Crippen LogP contribution in [-0.4, -0.2) is 33.3 Å². The fraction of sp³-hybridized carbons (Fsp3) is 0.615. The second kappa shape index (κ2) is 6.36. The van der Waals surface area contributed by atoms with Crippen molar-refractivity contribution in [3.05, 3.63) is 17.0 Å². The van der Waals surface area contributed by atoms with E-state index in [2.05, 4.69) is 10.4 Å². The van der Waals surface area contributed by atoms with E-state index in [4.69, 9.17) is 5.11 Å². The van der Waals surface area contributed by atoms with Crippen molar-refractivity contribution < 1.29 is 14.7 Å². The number of nitrogens with zero attached hydrogens (tertiary/aromatic N) is 2. The number of hydrogen-bond donors (Lipinski definition) is 2. The number of amides is 1. The highest BCUT2D eigenvalue weighted by Crippen LogP contribution is 2.12. The quantitative estimate of drug-likeness (QED) is 0.798. The minimum absolute atomic E-state index is 0.100. The second-order valence-electron chi connectivity index (χ2n) is 4.83. The highest BCUT2D eigenvalue weighted by Gasteiger charge is 2.14. The molecule has 1 heterocycles. The van der Waals surface area contributed by atoms with Crippen LogP contribution < -0.4 is 5.32 Å². The molecule has 0 radical (unpaired) electrons. The van der Waals surface area contributed by atoms with E-state index in [1.807, 2.05) is 20.9 Å². The Hall–Kier alpha value is -1.85. The van der Waals surface area contributed by atoms with Crippen molar-refractivity contribution in [1.82, 2.24) is 15.1 Å². The van der Waals surface area contributed by atoms with Gasteiger partial charge in [0.1, 0.15) is 0 Å². The van der Waals surface area contributed by atoms with Gasteiger partial charge in [-0.3, -0.25) is 14.3 Å². The van der Waals surface area contributed by atoms with Gasteiger partial charge in [-0.25, -0.2) is 0 Å². The first kappa shape index (κ1) is 15.2. The minimum atomic E-state index is -0.840. The number of aliphatic carboxylic acids is 1. The molecule has 6 heteroatoms. The summed E-state index contributed by atoms with van der Waals surface area (Å²) < 4.78 is 1.75. The number of aromatic nitrogens is 2. The molecule has 19 heavy (non-hydrogen) atoms. The van der Waals surface area contributed by atoms with Gasteiger partial charge in [0.25, 0.3) is 0 Å². The van der Waals surface area contributed by atoms with Crippen LogP contribution in [0.25, 0.3) is 0 Å². The molecule has 0 aliphatic carbocycles. The fourth-order valence-electron chi connectivity index (χ4n) is 1.85. The number of carbonyl (C=O) groups excluding carboxylic acids is 1. The van der Waals surface area contributed by atoms with Crippen molar-refractivity contribution in [2.45, 2.75) is 33.6 Å². The Bertz CT molecular complexity index is 480. The van der Waals surface area contributed by atoms with E-state index in [1.54, 1.807) is 11.6 Å². The third-order valence-electron chi connectivity index (χ3n) is 3.32. The van der Waals surface area contributed by atoms with Crippen LogP contribution in [0, 0.1) is 19.8 Å². The molecule has 0 spiro atoms. The molecule has 2 N–H and O–H groups in total. The molecule has 6 nitrogen and oxygen atoms in total. The highest BCUT2D eigenvalue weighted by molar-refractivity contribution is 5.79. The van der Waals surface area contributed by atoms with Crippen LogP contribution in [0.1, 0.15) is 30.3 Å². The molecule has 106 valence electrons. The SMILES string of the molecule is Cc1nn(C)c(C)c1CC(=O)NCCC(C)C(=O)O. The van der Waals surface area contributed by atoms with Gasteiger partial charge in [0.05, 0.1) is 18.0 Å². The van der Waals surface area contributed by atoms with Crippen molar-refractivity contribution in [1.29, 1.82) is 0 Å². The third-order valence-corrected chi connectivity index (χ3v) is 3.32. The van der Waals surface area contributed by atoms with Gasteiger partial charge in [0.2, 0.25) is 5.91 Å². The standard InChI is InChI=1S/C13H21N3O3/c1-8(13(18)19)5-6-14-12(17)7-11-9(2)15-16(4)10(11)3/h8H,5-7H2,1-4H3,(H,14,17)(H,18,19). The van der Waals surface area contributed by atoms with E-state index < -0.39 is 11.9 Å². The van der Waals surface area contributed by atoms with Gasteiger partial charge in [-0.15, -0.1) is 0 Å². The largest absolute Gasteiger partial charge is 0.481 e. The van der Waals surface area contributed by atoms with Crippen molar-refractivity contribution in [2.24, 2.45) is 13.0 Å². The summed E-state index contributed by atoms with van der Waals surface area (Å²) in [5.74, 6) is -1.38. The lowest BCUT2D eigenvalue weighted by atomic mass is 10.1. The minimum Gasteiger partial charge on any atom is -0.481 e. The summed E-state index contributed by atoms with van der Waals surface area (Å²) in [6.07, 6.45) is 0.721. The Morgan fingerprint density at radius 2 is 2.05 bits per heavy atom. The molecule has 1 unspecified atom stereocenters. The van der Waals surface area contributed by atoms with E-state index in [0.717, 1.165) is 17.0 Å². The Balaban J connectivity index is 2.46. The Kier molecular flexibility index (Phi) is 5.09. The number of aryl methyl sites for hydroxylation is 2. The summed E-state index contributed by atoms with van der Waals surface area (Å²) in [6, 6.07) is 0. The van der Waals surface area contributed by atoms with E-state index in [1.165, 1.54) is 0 Å². The van der Waals surface area contributed by atoms with Crippen molar-refractivity contribution in [3.63, 3.8) is 0 Å². The van der Waals surface area contributed by atoms with Gasteiger partial charge in [-0.1, -0.05) is 6.92 Å². The van der Waals surface area contributed by atoms with Crippen molar-refractivity contribution in [3.8, 4) is 0 Å². The van der Waals surface area contributed by atoms with Crippen LogP contribution in [0.4, 0.5) is 0 Å². The molecule has 0 saturated carbocycles. The maximum Gasteiger partial charge on any atom is 0.306 e. The van der Waals surface area contributed by atoms with E-state index >= 15 is 0 Å². The Morgan fingerprint density at radius 1 is 1.42 bits per heavy atom. The zero-order valence-corrected chi connectivity index (χ0v) is 11.9. The average molecular weight is 267 g/mol. The zero-order chi connectivity index (χ0) is 14.6. The van der Waals surface area contributed by atoms with E-state index in [0.29, 0.717) is 13.0 Å². The van der Waals surface area contributed by atoms with E-state index in [9.17, 15) is 9.59 Å². The zero-order valence-electron chi connectivity index (χ0n) is 11.9. The summed E-state index contributed by atoms with van der Waals surface area (Å²) >= 11 is 0. The van der Waals surface area contributed by atoms with Gasteiger partial charge in [-0.2, -0.15) is 5.10 Å². The van der Waals surface area contributed by atoms with Crippen LogP contribution in [0.15, 0.2) is 0 Å². The molecular weight excluding hydrogens is 246 g/mol. The molecule has 1 amide bonds. The first-order valence-electron chi connectivity index (χ1n) is 6.31. The van der Waals surface area contributed by atoms with Gasteiger partial charge >= 0.3 is 5.97 Å². The van der Waals surface area contributed by atoms with Crippen LogP contribution in [-0.2, 0) is 23.1 Å². The maximum atomic E-state index is 11.8. The molecule has 0 fully saturated rings. The summed E-state index contributed by atoms with van der Waals surface area (Å²) in [5.41, 5.74) is 2.77. The lowest BCUT2D eigenvalue weighted by Crippen LogP contribution is -2.28. The molecule has 0 aliphatic heterocycles. The van der Waals surface area contributed by atoms with Gasteiger partial charge in [0, 0.05) is 24.8 Å². The first-order chi connectivity index (χ1) is 8.82. The predicted molar refractivity (Wildman–Crippen MR) is 70.8 cm³/mol. The third kappa shape index (κ3) is 4.08. The first-order valence-corrected chi connectivity index (χ1v) is 6.31. The molecule has 0 aliphatic rings. The fourth-order valence-corrected chi connectivity index (χ4v) is 1.85. The number of carboxylic acids is 1. The van der Waals surface area contributed by atoms with Crippen molar-refractivity contribution >= 4 is 11.9 Å². The molecular formula is C13H21N3O3. The highest BCUT2D eigenvalue weighted by atomic mass is 16.4. The molecule has 1 atom stereocenters. The van der Waals surface area contributed by atoms with Gasteiger partial charge in [0.15, 0.2) is 0 Å². The normalized spacial score (nSPS) is 12.2. The molecule has 1 aromatic heterocycles. The van der Waals surface area contributed by atoms with Crippen LogP contribution in [0.5, 0.6) is 0 Å². The topological polar surface area (TPSA) is 84.2 Å². The van der Waals surface area contributed by atoms with Crippen molar-refractivity contribution in [2.75, 3.05) is 6.54 Å². The number of carboxylic acid groups (broad SMARTS) is 1. The molecule has 0 aromatic carbocycles. The predicted octanol–water partition coefficient (Wildman–Crippen LogP) is 0.806. The Labute approximate surface area is 112 Å². The monoisotopic (exact) mass is 267 g/mol. The summed E-state index contributed by atoms with van der Waals surface area (Å²) in [4.78, 5) is 22.4. The number of carbonyl (C=O) groups is 2. The summed E-state index contributed by atoms with van der Waals surface area (Å²) in [5, 5.41) is 15.7. The van der Waals surface area contributed by atoms with Gasteiger partial charge < -0.3 is 10.4 Å².